The van der Waals surface area contributed by atoms with Crippen molar-refractivity contribution in [2.24, 2.45) is 5.73 Å². The first-order valence-corrected chi connectivity index (χ1v) is 6.92. The molecule has 2 aromatic rings. The van der Waals surface area contributed by atoms with E-state index in [-0.39, 0.29) is 0 Å². The molecule has 2 rings (SSSR count). The topological polar surface area (TPSA) is 55.3 Å². The molecule has 0 fully saturated rings. The largest absolute Gasteiger partial charge is 0.469 e. The highest BCUT2D eigenvalue weighted by Gasteiger charge is 2.08. The zero-order valence-electron chi connectivity index (χ0n) is 10.8. The van der Waals surface area contributed by atoms with Crippen molar-refractivity contribution in [1.82, 2.24) is 9.88 Å². The molecule has 2 N–H and O–H groups in total. The Morgan fingerprint density at radius 3 is 2.94 bits per heavy atom. The highest BCUT2D eigenvalue weighted by molar-refractivity contribution is 7.09. The summed E-state index contributed by atoms with van der Waals surface area (Å²) in [5.41, 5.74) is 7.87. The van der Waals surface area contributed by atoms with Gasteiger partial charge in [-0.25, -0.2) is 4.98 Å². The number of aryl methyl sites for hydroxylation is 1. The molecular formula is C13H19N3OS. The van der Waals surface area contributed by atoms with Gasteiger partial charge in [-0.3, -0.25) is 4.90 Å². The molecule has 0 bridgehead atoms. The van der Waals surface area contributed by atoms with Crippen LogP contribution in [0.4, 0.5) is 0 Å². The third-order valence-electron chi connectivity index (χ3n) is 2.80. The second kappa shape index (κ2) is 6.13. The average Bonchev–Trinajstić information content (AvgIpc) is 2.90. The maximum Gasteiger partial charge on any atom is 0.105 e. The summed E-state index contributed by atoms with van der Waals surface area (Å²) in [5.74, 6) is 0.990. The summed E-state index contributed by atoms with van der Waals surface area (Å²) in [5, 5.41) is 3.24. The molecule has 0 radical (unpaired) electrons. The maximum absolute atomic E-state index is 5.52. The summed E-state index contributed by atoms with van der Waals surface area (Å²) in [6.07, 6.45) is 2.61. The van der Waals surface area contributed by atoms with E-state index in [1.54, 1.807) is 17.6 Å². The summed E-state index contributed by atoms with van der Waals surface area (Å²) < 4.78 is 5.30. The number of furan rings is 1. The fourth-order valence-electron chi connectivity index (χ4n) is 1.86. The van der Waals surface area contributed by atoms with Crippen molar-refractivity contribution in [2.75, 3.05) is 13.6 Å². The average molecular weight is 265 g/mol. The number of thiazole rings is 1. The summed E-state index contributed by atoms with van der Waals surface area (Å²) in [7, 11) is 2.09. The van der Waals surface area contributed by atoms with E-state index in [1.165, 1.54) is 5.56 Å². The van der Waals surface area contributed by atoms with Crippen LogP contribution in [0.3, 0.4) is 0 Å². The second-order valence-electron chi connectivity index (χ2n) is 4.45. The van der Waals surface area contributed by atoms with E-state index in [4.69, 9.17) is 10.2 Å². The summed E-state index contributed by atoms with van der Waals surface area (Å²) in [4.78, 5) is 6.80. The Hall–Kier alpha value is -1.17. The zero-order valence-corrected chi connectivity index (χ0v) is 11.7. The first-order chi connectivity index (χ1) is 8.69. The summed E-state index contributed by atoms with van der Waals surface area (Å²) in [6.45, 7) is 4.39. The Morgan fingerprint density at radius 2 is 2.28 bits per heavy atom. The zero-order chi connectivity index (χ0) is 13.0. The molecule has 18 heavy (non-hydrogen) atoms. The van der Waals surface area contributed by atoms with Gasteiger partial charge >= 0.3 is 0 Å². The van der Waals surface area contributed by atoms with Crippen molar-refractivity contribution in [3.63, 3.8) is 0 Å². The van der Waals surface area contributed by atoms with Gasteiger partial charge in [-0.05, 0) is 26.6 Å². The fraction of sp³-hybridized carbons (Fsp3) is 0.462. The Kier molecular flexibility index (Phi) is 4.52. The van der Waals surface area contributed by atoms with Gasteiger partial charge in [-0.1, -0.05) is 0 Å². The number of rotatable bonds is 6. The van der Waals surface area contributed by atoms with Crippen molar-refractivity contribution in [2.45, 2.75) is 26.4 Å². The standard InChI is InChI=1S/C13H19N3OS/c1-10-11(4-6-17-10)7-16(2)8-12-9-18-13(15-12)3-5-14/h4,6,9H,3,5,7-8,14H2,1-2H3. The molecular weight excluding hydrogens is 246 g/mol. The molecule has 0 saturated heterocycles. The van der Waals surface area contributed by atoms with Crippen molar-refractivity contribution < 1.29 is 4.42 Å². The van der Waals surface area contributed by atoms with Crippen LogP contribution in [0, 0.1) is 6.92 Å². The van der Waals surface area contributed by atoms with Gasteiger partial charge in [0.15, 0.2) is 0 Å². The Bertz CT molecular complexity index is 492. The van der Waals surface area contributed by atoms with Crippen LogP contribution >= 0.6 is 11.3 Å². The van der Waals surface area contributed by atoms with Crippen molar-refractivity contribution >= 4 is 11.3 Å². The molecule has 0 aromatic carbocycles. The van der Waals surface area contributed by atoms with Gasteiger partial charge < -0.3 is 10.2 Å². The lowest BCUT2D eigenvalue weighted by molar-refractivity contribution is 0.313. The minimum atomic E-state index is 0.664. The van der Waals surface area contributed by atoms with Crippen LogP contribution < -0.4 is 5.73 Å². The van der Waals surface area contributed by atoms with Crippen LogP contribution in [0.2, 0.25) is 0 Å². The molecule has 0 aliphatic carbocycles. The molecule has 98 valence electrons. The lowest BCUT2D eigenvalue weighted by atomic mass is 10.2. The molecule has 0 unspecified atom stereocenters. The molecule has 4 nitrogen and oxygen atoms in total. The maximum atomic E-state index is 5.52. The molecule has 0 spiro atoms. The van der Waals surface area contributed by atoms with Crippen LogP contribution in [-0.2, 0) is 19.5 Å². The molecule has 5 heteroatoms. The SMILES string of the molecule is Cc1occc1CN(C)Cc1csc(CCN)n1. The quantitative estimate of drug-likeness (QED) is 0.869. The smallest absolute Gasteiger partial charge is 0.105 e. The Labute approximate surface area is 111 Å². The van der Waals surface area contributed by atoms with Crippen LogP contribution in [0.5, 0.6) is 0 Å². The first-order valence-electron chi connectivity index (χ1n) is 6.04. The monoisotopic (exact) mass is 265 g/mol. The molecule has 0 amide bonds. The van der Waals surface area contributed by atoms with E-state index >= 15 is 0 Å². The van der Waals surface area contributed by atoms with E-state index in [0.717, 1.165) is 36.0 Å². The van der Waals surface area contributed by atoms with Crippen LogP contribution in [-0.4, -0.2) is 23.5 Å². The molecule has 2 heterocycles. The Morgan fingerprint density at radius 1 is 1.44 bits per heavy atom. The predicted molar refractivity (Wildman–Crippen MR) is 73.5 cm³/mol. The van der Waals surface area contributed by atoms with Crippen molar-refractivity contribution in [3.8, 4) is 0 Å². The lowest BCUT2D eigenvalue weighted by Gasteiger charge is -2.14. The third-order valence-corrected chi connectivity index (χ3v) is 3.75. The number of hydrogen-bond acceptors (Lipinski definition) is 5. The van der Waals surface area contributed by atoms with E-state index < -0.39 is 0 Å². The van der Waals surface area contributed by atoms with Crippen molar-refractivity contribution in [3.05, 3.63) is 39.7 Å². The highest BCUT2D eigenvalue weighted by atomic mass is 32.1. The molecule has 0 aliphatic heterocycles. The lowest BCUT2D eigenvalue weighted by Crippen LogP contribution is -2.17. The molecule has 0 aliphatic rings. The summed E-state index contributed by atoms with van der Waals surface area (Å²) in [6, 6.07) is 2.02. The van der Waals surface area contributed by atoms with Gasteiger partial charge in [0.25, 0.3) is 0 Å². The molecule has 0 atom stereocenters. The van der Waals surface area contributed by atoms with E-state index in [2.05, 4.69) is 22.3 Å². The number of aromatic nitrogens is 1. The number of nitrogens with two attached hydrogens (primary N) is 1. The van der Waals surface area contributed by atoms with E-state index in [0.29, 0.717) is 6.54 Å². The molecule has 0 saturated carbocycles. The van der Waals surface area contributed by atoms with Gasteiger partial charge in [-0.2, -0.15) is 0 Å². The fourth-order valence-corrected chi connectivity index (χ4v) is 2.66. The third kappa shape index (κ3) is 3.41. The normalized spacial score (nSPS) is 11.3. The molecule has 2 aromatic heterocycles. The van der Waals surface area contributed by atoms with Crippen molar-refractivity contribution in [1.29, 1.82) is 0 Å². The van der Waals surface area contributed by atoms with Crippen LogP contribution in [0.25, 0.3) is 0 Å². The van der Waals surface area contributed by atoms with Gasteiger partial charge in [-0.15, -0.1) is 11.3 Å². The summed E-state index contributed by atoms with van der Waals surface area (Å²) >= 11 is 1.69. The predicted octanol–water partition coefficient (Wildman–Crippen LogP) is 2.18. The van der Waals surface area contributed by atoms with Gasteiger partial charge in [0, 0.05) is 30.5 Å². The van der Waals surface area contributed by atoms with Crippen LogP contribution in [0.15, 0.2) is 22.1 Å². The first kappa shape index (κ1) is 13.3. The minimum Gasteiger partial charge on any atom is -0.469 e. The van der Waals surface area contributed by atoms with E-state index in [9.17, 15) is 0 Å². The highest BCUT2D eigenvalue weighted by Crippen LogP contribution is 2.15. The second-order valence-corrected chi connectivity index (χ2v) is 5.39. The van der Waals surface area contributed by atoms with Gasteiger partial charge in [0.05, 0.1) is 17.0 Å². The van der Waals surface area contributed by atoms with Gasteiger partial charge in [0.1, 0.15) is 5.76 Å². The van der Waals surface area contributed by atoms with E-state index in [1.807, 2.05) is 13.0 Å². The Balaban J connectivity index is 1.90. The minimum absolute atomic E-state index is 0.664. The number of hydrogen-bond donors (Lipinski definition) is 1. The van der Waals surface area contributed by atoms with Crippen LogP contribution in [0.1, 0.15) is 22.0 Å². The number of nitrogens with zero attached hydrogens (tertiary/aromatic N) is 2. The van der Waals surface area contributed by atoms with Gasteiger partial charge in [0.2, 0.25) is 0 Å².